The smallest absolute Gasteiger partial charge is 0.161 e. The van der Waals surface area contributed by atoms with Crippen molar-refractivity contribution in [2.45, 2.75) is 19.2 Å². The fraction of sp³-hybridized carbons (Fsp3) is 0.400. The Morgan fingerprint density at radius 1 is 1.19 bits per heavy atom. The minimum atomic E-state index is -0.606. The van der Waals surface area contributed by atoms with Crippen LogP contribution in [0.25, 0.3) is 0 Å². The van der Waals surface area contributed by atoms with Crippen LogP contribution >= 0.6 is 0 Å². The number of aliphatic hydroxyl groups excluding tert-OH is 1. The Bertz CT molecular complexity index is 656. The van der Waals surface area contributed by atoms with E-state index in [0.29, 0.717) is 37.7 Å². The van der Waals surface area contributed by atoms with E-state index >= 15 is 0 Å². The maximum Gasteiger partial charge on any atom is 0.161 e. The summed E-state index contributed by atoms with van der Waals surface area (Å²) in [6.45, 7) is 5.94. The molecule has 1 unspecified atom stereocenters. The highest BCUT2D eigenvalue weighted by Gasteiger charge is 2.15. The normalized spacial score (nSPS) is 12.2. The molecule has 1 aromatic carbocycles. The first-order valence-electron chi connectivity index (χ1n) is 8.48. The van der Waals surface area contributed by atoms with Crippen LogP contribution in [0.15, 0.2) is 53.7 Å². The summed E-state index contributed by atoms with van der Waals surface area (Å²) in [7, 11) is 3.23. The molecule has 0 amide bonds. The van der Waals surface area contributed by atoms with Crippen molar-refractivity contribution in [1.82, 2.24) is 4.90 Å². The van der Waals surface area contributed by atoms with Crippen LogP contribution < -0.4 is 9.47 Å². The molecular weight excluding hydrogens is 334 g/mol. The van der Waals surface area contributed by atoms with Crippen LogP contribution in [0.1, 0.15) is 11.3 Å². The average molecular weight is 361 g/mol. The van der Waals surface area contributed by atoms with Gasteiger partial charge in [0.15, 0.2) is 11.5 Å². The summed E-state index contributed by atoms with van der Waals surface area (Å²) in [5.74, 6) is 2.20. The first-order chi connectivity index (χ1) is 12.7. The van der Waals surface area contributed by atoms with Gasteiger partial charge in [-0.3, -0.25) is 4.90 Å². The number of rotatable bonds is 12. The van der Waals surface area contributed by atoms with Crippen LogP contribution in [-0.2, 0) is 17.8 Å². The second-order valence-corrected chi connectivity index (χ2v) is 5.92. The molecule has 0 bridgehead atoms. The molecule has 0 saturated carbocycles. The monoisotopic (exact) mass is 361 g/mol. The summed E-state index contributed by atoms with van der Waals surface area (Å²) >= 11 is 0. The average Bonchev–Trinajstić information content (AvgIpc) is 3.14. The summed E-state index contributed by atoms with van der Waals surface area (Å²) < 4.78 is 21.4. The number of methoxy groups -OCH3 is 2. The molecule has 1 heterocycles. The lowest BCUT2D eigenvalue weighted by molar-refractivity contribution is 0.0215. The van der Waals surface area contributed by atoms with E-state index < -0.39 is 6.10 Å². The van der Waals surface area contributed by atoms with Crippen molar-refractivity contribution in [3.05, 3.63) is 60.6 Å². The Morgan fingerprint density at radius 2 is 2.00 bits per heavy atom. The van der Waals surface area contributed by atoms with Gasteiger partial charge in [0.25, 0.3) is 0 Å². The molecule has 0 saturated heterocycles. The first-order valence-corrected chi connectivity index (χ1v) is 8.48. The number of hydrogen-bond acceptors (Lipinski definition) is 6. The highest BCUT2D eigenvalue weighted by molar-refractivity contribution is 5.42. The highest BCUT2D eigenvalue weighted by atomic mass is 16.5. The van der Waals surface area contributed by atoms with Crippen LogP contribution in [0.2, 0.25) is 0 Å². The van der Waals surface area contributed by atoms with Gasteiger partial charge in [-0.25, -0.2) is 0 Å². The summed E-state index contributed by atoms with van der Waals surface area (Å²) in [6.07, 6.45) is 2.70. The molecule has 26 heavy (non-hydrogen) atoms. The molecule has 2 aromatic rings. The predicted octanol–water partition coefficient (Wildman–Crippen LogP) is 2.86. The Morgan fingerprint density at radius 3 is 2.65 bits per heavy atom. The second-order valence-electron chi connectivity index (χ2n) is 5.92. The second kappa shape index (κ2) is 10.7. The van der Waals surface area contributed by atoms with E-state index in [1.807, 2.05) is 30.3 Å². The number of benzene rings is 1. The number of furan rings is 1. The zero-order valence-corrected chi connectivity index (χ0v) is 15.4. The molecular formula is C20H27NO5. The molecule has 6 heteroatoms. The van der Waals surface area contributed by atoms with Crippen molar-refractivity contribution in [2.75, 3.05) is 34.0 Å². The van der Waals surface area contributed by atoms with Crippen LogP contribution in [0.5, 0.6) is 11.5 Å². The maximum absolute atomic E-state index is 10.3. The highest BCUT2D eigenvalue weighted by Crippen LogP contribution is 2.28. The third-order valence-corrected chi connectivity index (χ3v) is 3.83. The molecule has 1 aromatic heterocycles. The summed E-state index contributed by atoms with van der Waals surface area (Å²) in [5.41, 5.74) is 1.05. The molecule has 0 fully saturated rings. The zero-order chi connectivity index (χ0) is 18.8. The topological polar surface area (TPSA) is 64.3 Å². The molecule has 0 aliphatic carbocycles. The van der Waals surface area contributed by atoms with Crippen molar-refractivity contribution in [3.8, 4) is 11.5 Å². The fourth-order valence-corrected chi connectivity index (χ4v) is 2.68. The van der Waals surface area contributed by atoms with Gasteiger partial charge >= 0.3 is 0 Å². The molecule has 1 N–H and O–H groups in total. The standard InChI is InChI=1S/C20H27NO5/c1-4-9-25-15-17(22)13-21(14-18-6-5-10-26-18)12-16-7-8-19(23-2)20(11-16)24-3/h4-8,10-11,17,22H,1,9,12-15H2,2-3H3. The van der Waals surface area contributed by atoms with E-state index in [1.165, 1.54) is 0 Å². The Hall–Kier alpha value is -2.28. The third-order valence-electron chi connectivity index (χ3n) is 3.83. The minimum absolute atomic E-state index is 0.257. The third kappa shape index (κ3) is 6.22. The molecule has 6 nitrogen and oxygen atoms in total. The Balaban J connectivity index is 2.06. The molecule has 142 valence electrons. The number of aliphatic hydroxyl groups is 1. The van der Waals surface area contributed by atoms with Crippen molar-refractivity contribution in [2.24, 2.45) is 0 Å². The lowest BCUT2D eigenvalue weighted by Gasteiger charge is -2.24. The van der Waals surface area contributed by atoms with Crippen molar-refractivity contribution in [3.63, 3.8) is 0 Å². The SMILES string of the molecule is C=CCOCC(O)CN(Cc1ccc(OC)c(OC)c1)Cc1ccco1. The van der Waals surface area contributed by atoms with Gasteiger partial charge in [0.1, 0.15) is 5.76 Å². The van der Waals surface area contributed by atoms with Crippen LogP contribution in [-0.4, -0.2) is 50.1 Å². The quantitative estimate of drug-likeness (QED) is 0.463. The van der Waals surface area contributed by atoms with Gasteiger partial charge in [-0.15, -0.1) is 6.58 Å². The lowest BCUT2D eigenvalue weighted by Crippen LogP contribution is -2.34. The number of nitrogens with zero attached hydrogens (tertiary/aromatic N) is 1. The van der Waals surface area contributed by atoms with Gasteiger partial charge in [0.2, 0.25) is 0 Å². The van der Waals surface area contributed by atoms with Gasteiger partial charge in [-0.05, 0) is 29.8 Å². The van der Waals surface area contributed by atoms with Crippen LogP contribution in [0.3, 0.4) is 0 Å². The van der Waals surface area contributed by atoms with E-state index in [2.05, 4.69) is 11.5 Å². The summed E-state index contributed by atoms with van der Waals surface area (Å²) in [6, 6.07) is 9.57. The molecule has 0 aliphatic rings. The Labute approximate surface area is 154 Å². The van der Waals surface area contributed by atoms with E-state index in [4.69, 9.17) is 18.6 Å². The van der Waals surface area contributed by atoms with Crippen molar-refractivity contribution in [1.29, 1.82) is 0 Å². The lowest BCUT2D eigenvalue weighted by atomic mass is 10.1. The van der Waals surface area contributed by atoms with Crippen LogP contribution in [0.4, 0.5) is 0 Å². The van der Waals surface area contributed by atoms with Gasteiger partial charge in [0, 0.05) is 13.1 Å². The van der Waals surface area contributed by atoms with Gasteiger partial charge < -0.3 is 23.7 Å². The summed E-state index contributed by atoms with van der Waals surface area (Å²) in [4.78, 5) is 2.10. The zero-order valence-electron chi connectivity index (χ0n) is 15.4. The molecule has 0 aliphatic heterocycles. The number of hydrogen-bond donors (Lipinski definition) is 1. The summed E-state index contributed by atoms with van der Waals surface area (Å²) in [5, 5.41) is 10.3. The fourth-order valence-electron chi connectivity index (χ4n) is 2.68. The molecule has 2 rings (SSSR count). The van der Waals surface area contributed by atoms with Crippen molar-refractivity contribution >= 4 is 0 Å². The largest absolute Gasteiger partial charge is 0.493 e. The molecule has 1 atom stereocenters. The number of ether oxygens (including phenoxy) is 3. The van der Waals surface area contributed by atoms with E-state index in [-0.39, 0.29) is 6.61 Å². The minimum Gasteiger partial charge on any atom is -0.493 e. The van der Waals surface area contributed by atoms with Crippen molar-refractivity contribution < 1.29 is 23.7 Å². The van der Waals surface area contributed by atoms with Gasteiger partial charge in [0.05, 0.1) is 46.3 Å². The Kier molecular flexibility index (Phi) is 8.21. The van der Waals surface area contributed by atoms with E-state index in [9.17, 15) is 5.11 Å². The van der Waals surface area contributed by atoms with Gasteiger partial charge in [-0.2, -0.15) is 0 Å². The van der Waals surface area contributed by atoms with E-state index in [0.717, 1.165) is 11.3 Å². The van der Waals surface area contributed by atoms with Gasteiger partial charge in [-0.1, -0.05) is 12.1 Å². The predicted molar refractivity (Wildman–Crippen MR) is 99.4 cm³/mol. The van der Waals surface area contributed by atoms with Crippen LogP contribution in [0, 0.1) is 0 Å². The molecule has 0 spiro atoms. The van der Waals surface area contributed by atoms with E-state index in [1.54, 1.807) is 26.6 Å². The molecule has 0 radical (unpaired) electrons. The first kappa shape index (κ1) is 20.0. The maximum atomic E-state index is 10.3.